The first kappa shape index (κ1) is 110. The van der Waals surface area contributed by atoms with Crippen molar-refractivity contribution in [1.29, 1.82) is 0 Å². The summed E-state index contributed by atoms with van der Waals surface area (Å²) < 4.78 is 176. The first-order chi connectivity index (χ1) is 62.2. The van der Waals surface area contributed by atoms with Crippen molar-refractivity contribution >= 4 is 29.8 Å². The minimum atomic E-state index is -1.60. The molecule has 1 unspecified atom stereocenters. The lowest BCUT2D eigenvalue weighted by atomic mass is 9.82. The smallest absolute Gasteiger partial charge is 0.303 e. The minimum Gasteiger partial charge on any atom is -0.463 e. The van der Waals surface area contributed by atoms with Crippen LogP contribution in [-0.4, -0.2) is 464 Å². The van der Waals surface area contributed by atoms with Gasteiger partial charge in [0.1, 0.15) is 205 Å². The molecule has 13 aliphatic heterocycles. The highest BCUT2D eigenvalue weighted by Crippen LogP contribution is 2.42. The third-order valence-electron chi connectivity index (χ3n) is 23.8. The van der Waals surface area contributed by atoms with Crippen molar-refractivity contribution in [2.75, 3.05) is 106 Å². The van der Waals surface area contributed by atoms with Gasteiger partial charge in [-0.1, -0.05) is 20.8 Å². The molecule has 132 heavy (non-hydrogen) atoms. The average molecular weight is 1920 g/mol. The van der Waals surface area contributed by atoms with Gasteiger partial charge in [-0.15, -0.1) is 0 Å². The van der Waals surface area contributed by atoms with Crippen LogP contribution in [0.25, 0.3) is 0 Å². The Bertz CT molecular complexity index is 3550. The van der Waals surface area contributed by atoms with Crippen LogP contribution < -0.4 is 0 Å². The van der Waals surface area contributed by atoms with E-state index in [0.717, 1.165) is 27.2 Å². The van der Waals surface area contributed by atoms with Gasteiger partial charge in [0.2, 0.25) is 0 Å². The Morgan fingerprint density at radius 3 is 1.19 bits per heavy atom. The number of aliphatic hydroxyl groups excluding tert-OH is 14. The quantitative estimate of drug-likeness (QED) is 0.0227. The molecule has 0 bridgehead atoms. The van der Waals surface area contributed by atoms with Gasteiger partial charge in [-0.2, -0.15) is 0 Å². The summed E-state index contributed by atoms with van der Waals surface area (Å²) in [6.45, 7) is 23.2. The molecule has 0 aromatic carbocycles. The number of aliphatic hydroxyl groups is 14. The van der Waals surface area contributed by atoms with E-state index in [1.54, 1.807) is 55.4 Å². The van der Waals surface area contributed by atoms with Crippen LogP contribution in [-0.2, 0) is 171 Å². The fourth-order valence-electron chi connectivity index (χ4n) is 17.2. The largest absolute Gasteiger partial charge is 0.463 e. The highest BCUT2D eigenvalue weighted by Gasteiger charge is 2.59. The van der Waals surface area contributed by atoms with E-state index in [0.29, 0.717) is 6.61 Å². The van der Waals surface area contributed by atoms with Crippen molar-refractivity contribution in [3.63, 3.8) is 0 Å². The molecule has 13 fully saturated rings. The second-order valence-electron chi connectivity index (χ2n) is 35.6. The molecule has 13 rings (SSSR count). The van der Waals surface area contributed by atoms with E-state index >= 15 is 0 Å². The molecule has 764 valence electrons. The van der Waals surface area contributed by atoms with E-state index in [1.807, 2.05) is 13.8 Å². The Labute approximate surface area is 761 Å². The first-order valence-corrected chi connectivity index (χ1v) is 43.9. The average Bonchev–Trinajstić information content (AvgIpc) is 1.01. The van der Waals surface area contributed by atoms with Gasteiger partial charge in [0, 0.05) is 40.5 Å². The molecule has 0 spiro atoms. The van der Waals surface area contributed by atoms with Gasteiger partial charge in [0.15, 0.2) is 79.0 Å². The van der Waals surface area contributed by atoms with Crippen LogP contribution in [0, 0.1) is 11.8 Å². The Balaban J connectivity index is 0.000000198. The predicted molar refractivity (Wildman–Crippen MR) is 425 cm³/mol. The molecular weight excluding hydrogens is 1780 g/mol. The van der Waals surface area contributed by atoms with Crippen LogP contribution in [0.5, 0.6) is 0 Å². The normalized spacial score (nSPS) is 43.3. The summed E-state index contributed by atoms with van der Waals surface area (Å²) in [6, 6.07) is 0. The van der Waals surface area contributed by atoms with Crippen LogP contribution in [0.4, 0.5) is 0 Å². The molecule has 14 N–H and O–H groups in total. The van der Waals surface area contributed by atoms with Gasteiger partial charge < -0.3 is 218 Å². The first-order valence-electron chi connectivity index (χ1n) is 43.9. The topological polar surface area (TPSA) is 655 Å². The summed E-state index contributed by atoms with van der Waals surface area (Å²) in [5, 5.41) is 137. The van der Waals surface area contributed by atoms with E-state index in [2.05, 4.69) is 6.92 Å². The van der Waals surface area contributed by atoms with Crippen molar-refractivity contribution in [1.82, 2.24) is 0 Å². The van der Waals surface area contributed by atoms with Crippen molar-refractivity contribution in [2.45, 2.75) is 373 Å². The lowest BCUT2D eigenvalue weighted by Gasteiger charge is -2.44. The van der Waals surface area contributed by atoms with E-state index in [4.69, 9.17) is 152 Å². The van der Waals surface area contributed by atoms with Gasteiger partial charge >= 0.3 is 29.8 Å². The van der Waals surface area contributed by atoms with Crippen LogP contribution in [0.15, 0.2) is 0 Å². The van der Waals surface area contributed by atoms with Gasteiger partial charge in [-0.05, 0) is 67.7 Å². The van der Waals surface area contributed by atoms with Gasteiger partial charge in [0.05, 0.1) is 78.8 Å². The SMILES string of the molecule is CC1(C)OC[C@H]([C@H]2OCO[C@@H]2[C@H](O)CO[C@@H]2OC[C@@H](O)[C@H](O)[C@H]2O)O1.CC1(C)O[C@H]([C@@H]2OCO[C@H]2CO)[C@@H](CO)O1.CC1(C)O[C@H]([C@@H]2OCO[C@H]2CO[C@@H]2O[C@H](CO)[C@@H](O)[C@H](O)[C@H]2O)[C@@H](COC2O[C@H](CO)[C@@H](O)[C@H](O)[C@H]2O)O1.CC[C@H]1O[C@@H](OC[C@@H]2OCO[C@H]2[C@H]2OC(C)(C)O[C@@H]2CO[C@@H]2O[C@H](COC(C)=O)[C@@H](OC(C)=O)[C@H](OC(C)=O)[C@H]2OC(C)=O)[C@H](OC(C)=O)[C@@H](C)[C@@H]1C. The molecule has 40 atom stereocenters. The van der Waals surface area contributed by atoms with Crippen molar-refractivity contribution < 1.29 is 242 Å². The van der Waals surface area contributed by atoms with E-state index in [9.17, 15) is 90.4 Å². The molecule has 0 radical (unpaired) electrons. The van der Waals surface area contributed by atoms with Crippen LogP contribution >= 0.6 is 0 Å². The number of carbonyl (C=O) groups is 5. The van der Waals surface area contributed by atoms with Crippen molar-refractivity contribution in [2.24, 2.45) is 11.8 Å². The Hall–Kier alpha value is -4.25. The zero-order valence-corrected chi connectivity index (χ0v) is 76.6. The number of carbonyl (C=O) groups excluding carboxylic acids is 5. The minimum absolute atomic E-state index is 0.00179. The molecule has 0 aromatic rings. The lowest BCUT2D eigenvalue weighted by Crippen LogP contribution is -2.63. The molecule has 50 nitrogen and oxygen atoms in total. The van der Waals surface area contributed by atoms with E-state index < -0.39 is 293 Å². The maximum absolute atomic E-state index is 12.3. The zero-order chi connectivity index (χ0) is 96.9. The summed E-state index contributed by atoms with van der Waals surface area (Å²) in [5.74, 6) is -6.95. The third-order valence-corrected chi connectivity index (χ3v) is 23.8. The second kappa shape index (κ2) is 48.8. The van der Waals surface area contributed by atoms with Crippen LogP contribution in [0.2, 0.25) is 0 Å². The summed E-state index contributed by atoms with van der Waals surface area (Å²) in [7, 11) is 0. The highest BCUT2D eigenvalue weighted by atomic mass is 16.8. The summed E-state index contributed by atoms with van der Waals surface area (Å²) in [4.78, 5) is 60.3. The molecule has 0 amide bonds. The number of esters is 5. The van der Waals surface area contributed by atoms with Crippen LogP contribution in [0.1, 0.15) is 117 Å². The van der Waals surface area contributed by atoms with Crippen molar-refractivity contribution in [3.05, 3.63) is 0 Å². The molecule has 13 heterocycles. The number of ether oxygens (including phenoxy) is 31. The van der Waals surface area contributed by atoms with Crippen molar-refractivity contribution in [3.8, 4) is 0 Å². The molecular formula is C82H136O50. The summed E-state index contributed by atoms with van der Waals surface area (Å²) in [6.07, 6.45) is -37.6. The fourth-order valence-corrected chi connectivity index (χ4v) is 17.2. The summed E-state index contributed by atoms with van der Waals surface area (Å²) >= 11 is 0. The molecule has 13 saturated heterocycles. The number of hydrogen-bond acceptors (Lipinski definition) is 50. The molecule has 50 heteroatoms. The Morgan fingerprint density at radius 2 is 0.727 bits per heavy atom. The Morgan fingerprint density at radius 1 is 0.333 bits per heavy atom. The monoisotopic (exact) mass is 1920 g/mol. The van der Waals surface area contributed by atoms with E-state index in [1.165, 1.54) is 13.8 Å². The zero-order valence-electron chi connectivity index (χ0n) is 76.6. The molecule has 0 aromatic heterocycles. The maximum atomic E-state index is 12.3. The second-order valence-corrected chi connectivity index (χ2v) is 35.6. The Kier molecular flexibility index (Phi) is 40.5. The predicted octanol–water partition coefficient (Wildman–Crippen LogP) is -6.49. The number of hydrogen-bond donors (Lipinski definition) is 14. The third kappa shape index (κ3) is 28.6. The molecule has 0 saturated carbocycles. The fraction of sp³-hybridized carbons (Fsp3) is 0.939. The molecule has 0 aliphatic carbocycles. The maximum Gasteiger partial charge on any atom is 0.303 e. The molecule has 13 aliphatic rings. The van der Waals surface area contributed by atoms with Gasteiger partial charge in [-0.3, -0.25) is 24.0 Å². The van der Waals surface area contributed by atoms with E-state index in [-0.39, 0.29) is 104 Å². The number of rotatable bonds is 31. The van der Waals surface area contributed by atoms with Gasteiger partial charge in [-0.25, -0.2) is 0 Å². The standard InChI is InChI=1S/C35H54O18.C22H38O16.C15H26O10.C10H18O6/c1-11-23-16(2)17(3)27(46-19(5)37)33(50-23)42-12-24-28(45-15-44-24)30-26(52-35(9,10)53-30)14-43-34-32(49-22(8)40)31(48-21(7)39)29(47-20(6)38)25(51-34)13-41-18(4)36;1-22(2)37-11(6-32-21-17(30)15(28)13(26)9(4-24)36-21)19(38-22)18-10(33-7-34-18)5-31-20-16(29)14(27)12(25)8(3-23)35-20;1-15(2)24-5-9(25-15)13-12(22-6-23-13)8(17)4-21-14-11(19)10(18)7(16)3-20-14;1-10(2)15-7(4-12)9(16-10)8-6(3-11)13-5-14-8/h16-17,23-34H,11-15H2,1-10H3;8-21,23-30H,3-7H2,1-2H3;7-14,16-19H,3-6H2,1-2H3;6-9,11-12H,3-5H2,1-2H3/t16-,17-,23+,24-,25+,26+,27+,28+,29+,30-,31-,32+,33+,34+;8-,9-,10+,11-,12-,13-,14+,15+,16-,17-,18-,19+,20-,21?;7-,8-,9-,10+,11-,12-,13-,14+;6-,7+,8+,9-/m0110/s1. The highest BCUT2D eigenvalue weighted by molar-refractivity contribution is 5.69. The lowest BCUT2D eigenvalue weighted by molar-refractivity contribution is -0.312. The van der Waals surface area contributed by atoms with Gasteiger partial charge in [0.25, 0.3) is 0 Å². The van der Waals surface area contributed by atoms with Crippen LogP contribution in [0.3, 0.4) is 0 Å². The summed E-state index contributed by atoms with van der Waals surface area (Å²) in [5.41, 5.74) is 0.